The van der Waals surface area contributed by atoms with Gasteiger partial charge in [-0.2, -0.15) is 0 Å². The van der Waals surface area contributed by atoms with Gasteiger partial charge in [-0.05, 0) is 19.9 Å². The number of nitrogens with one attached hydrogen (secondary N) is 1. The van der Waals surface area contributed by atoms with Crippen molar-refractivity contribution in [1.82, 2.24) is 9.97 Å². The summed E-state index contributed by atoms with van der Waals surface area (Å²) in [6.07, 6.45) is 3.33. The van der Waals surface area contributed by atoms with E-state index in [2.05, 4.69) is 15.3 Å². The van der Waals surface area contributed by atoms with Crippen LogP contribution < -0.4 is 5.32 Å². The highest BCUT2D eigenvalue weighted by Crippen LogP contribution is 2.26. The van der Waals surface area contributed by atoms with Gasteiger partial charge in [0.2, 0.25) is 5.82 Å². The Kier molecular flexibility index (Phi) is 3.52. The summed E-state index contributed by atoms with van der Waals surface area (Å²) < 4.78 is 0. The van der Waals surface area contributed by atoms with Gasteiger partial charge in [-0.25, -0.2) is 9.97 Å². The van der Waals surface area contributed by atoms with Crippen molar-refractivity contribution in [2.45, 2.75) is 20.4 Å². The van der Waals surface area contributed by atoms with Crippen molar-refractivity contribution >= 4 is 22.8 Å². The standard InChI is InChI=1S/C11H12N4O2S/c1-7-3-4-12-11(10(7)15(16)17)14-6-9-13-5-8(2)18-9/h3-5H,6H2,1-2H3,(H,12,14). The Labute approximate surface area is 108 Å². The number of nitro groups is 1. The first-order chi connectivity index (χ1) is 8.58. The largest absolute Gasteiger partial charge is 0.358 e. The van der Waals surface area contributed by atoms with Gasteiger partial charge >= 0.3 is 5.69 Å². The van der Waals surface area contributed by atoms with Crippen molar-refractivity contribution in [1.29, 1.82) is 0 Å². The Bertz CT molecular complexity index is 582. The van der Waals surface area contributed by atoms with E-state index in [-0.39, 0.29) is 11.5 Å². The van der Waals surface area contributed by atoms with Crippen LogP contribution in [0.25, 0.3) is 0 Å². The van der Waals surface area contributed by atoms with Crippen molar-refractivity contribution in [3.8, 4) is 0 Å². The van der Waals surface area contributed by atoms with Crippen LogP contribution in [0.15, 0.2) is 18.5 Å². The predicted octanol–water partition coefficient (Wildman–Crippen LogP) is 2.68. The van der Waals surface area contributed by atoms with Crippen molar-refractivity contribution in [2.75, 3.05) is 5.32 Å². The molecule has 0 aliphatic rings. The van der Waals surface area contributed by atoms with E-state index in [1.807, 2.05) is 6.92 Å². The smallest absolute Gasteiger partial charge is 0.314 e. The van der Waals surface area contributed by atoms with Crippen LogP contribution in [0.4, 0.5) is 11.5 Å². The molecule has 2 rings (SSSR count). The topological polar surface area (TPSA) is 81.0 Å². The molecule has 0 fully saturated rings. The Hall–Kier alpha value is -2.02. The highest BCUT2D eigenvalue weighted by atomic mass is 32.1. The zero-order chi connectivity index (χ0) is 13.1. The van der Waals surface area contributed by atoms with E-state index in [4.69, 9.17) is 0 Å². The third kappa shape index (κ3) is 2.62. The number of aryl methyl sites for hydroxylation is 2. The summed E-state index contributed by atoms with van der Waals surface area (Å²) in [5.41, 5.74) is 0.610. The van der Waals surface area contributed by atoms with Gasteiger partial charge in [0.25, 0.3) is 0 Å². The van der Waals surface area contributed by atoms with E-state index in [1.165, 1.54) is 0 Å². The van der Waals surface area contributed by atoms with E-state index < -0.39 is 4.92 Å². The molecule has 0 saturated carbocycles. The van der Waals surface area contributed by atoms with E-state index >= 15 is 0 Å². The average molecular weight is 264 g/mol. The molecule has 0 aliphatic heterocycles. The number of aromatic nitrogens is 2. The molecule has 2 aromatic rings. The van der Waals surface area contributed by atoms with Crippen LogP contribution in [0.5, 0.6) is 0 Å². The van der Waals surface area contributed by atoms with Gasteiger partial charge in [-0.3, -0.25) is 10.1 Å². The molecule has 7 heteroatoms. The lowest BCUT2D eigenvalue weighted by Crippen LogP contribution is -2.05. The fourth-order valence-corrected chi connectivity index (χ4v) is 2.28. The molecule has 0 saturated heterocycles. The van der Waals surface area contributed by atoms with Crippen molar-refractivity contribution in [3.63, 3.8) is 0 Å². The molecule has 1 N–H and O–H groups in total. The van der Waals surface area contributed by atoms with Gasteiger partial charge in [0.1, 0.15) is 5.01 Å². The number of pyridine rings is 1. The summed E-state index contributed by atoms with van der Waals surface area (Å²) in [6.45, 7) is 4.10. The summed E-state index contributed by atoms with van der Waals surface area (Å²) in [6, 6.07) is 1.62. The molecule has 2 aromatic heterocycles. The zero-order valence-electron chi connectivity index (χ0n) is 10.0. The first-order valence-electron chi connectivity index (χ1n) is 5.33. The maximum Gasteiger partial charge on any atom is 0.314 e. The van der Waals surface area contributed by atoms with Crippen LogP contribution in [0.1, 0.15) is 15.4 Å². The number of anilines is 1. The Morgan fingerprint density at radius 3 is 2.83 bits per heavy atom. The fourth-order valence-electron chi connectivity index (χ4n) is 1.55. The third-order valence-electron chi connectivity index (χ3n) is 2.38. The van der Waals surface area contributed by atoms with E-state index in [0.29, 0.717) is 12.1 Å². The molecular weight excluding hydrogens is 252 g/mol. The van der Waals surface area contributed by atoms with Crippen LogP contribution in [-0.4, -0.2) is 14.9 Å². The molecule has 18 heavy (non-hydrogen) atoms. The molecule has 2 heterocycles. The molecule has 6 nitrogen and oxygen atoms in total. The molecule has 0 unspecified atom stereocenters. The van der Waals surface area contributed by atoms with E-state index in [1.54, 1.807) is 36.7 Å². The van der Waals surface area contributed by atoms with Gasteiger partial charge in [-0.15, -0.1) is 11.3 Å². The number of hydrogen-bond donors (Lipinski definition) is 1. The van der Waals surface area contributed by atoms with Crippen molar-refractivity contribution < 1.29 is 4.92 Å². The third-order valence-corrected chi connectivity index (χ3v) is 3.30. The average Bonchev–Trinajstić information content (AvgIpc) is 2.72. The molecule has 0 aliphatic carbocycles. The minimum Gasteiger partial charge on any atom is -0.358 e. The second-order valence-electron chi connectivity index (χ2n) is 3.80. The zero-order valence-corrected chi connectivity index (χ0v) is 10.8. The Morgan fingerprint density at radius 1 is 1.44 bits per heavy atom. The summed E-state index contributed by atoms with van der Waals surface area (Å²) in [5.74, 6) is 0.285. The number of nitrogens with zero attached hydrogens (tertiary/aromatic N) is 3. The quantitative estimate of drug-likeness (QED) is 0.678. The minimum absolute atomic E-state index is 0.0192. The molecule has 0 radical (unpaired) electrons. The van der Waals surface area contributed by atoms with E-state index in [0.717, 1.165) is 9.88 Å². The van der Waals surface area contributed by atoms with Gasteiger partial charge < -0.3 is 5.32 Å². The van der Waals surface area contributed by atoms with Crippen molar-refractivity contribution in [2.24, 2.45) is 0 Å². The van der Waals surface area contributed by atoms with Gasteiger partial charge in [0.05, 0.1) is 11.5 Å². The lowest BCUT2D eigenvalue weighted by Gasteiger charge is -2.05. The second-order valence-corrected chi connectivity index (χ2v) is 5.12. The number of thiazole rings is 1. The van der Waals surface area contributed by atoms with Crippen molar-refractivity contribution in [3.05, 3.63) is 44.0 Å². The Balaban J connectivity index is 2.19. The van der Waals surface area contributed by atoms with Crippen LogP contribution in [0.3, 0.4) is 0 Å². The number of rotatable bonds is 4. The molecule has 0 atom stereocenters. The maximum atomic E-state index is 11.0. The SMILES string of the molecule is Cc1cnc(CNc2nccc(C)c2[N+](=O)[O-])s1. The van der Waals surface area contributed by atoms with E-state index in [9.17, 15) is 10.1 Å². The summed E-state index contributed by atoms with van der Waals surface area (Å²) in [5, 5.41) is 14.8. The molecule has 94 valence electrons. The molecule has 0 amide bonds. The molecule has 0 bridgehead atoms. The molecular formula is C11H12N4O2S. The molecule has 0 spiro atoms. The summed E-state index contributed by atoms with van der Waals surface area (Å²) in [7, 11) is 0. The van der Waals surface area contributed by atoms with Gasteiger partial charge in [0, 0.05) is 22.8 Å². The highest BCUT2D eigenvalue weighted by Gasteiger charge is 2.18. The van der Waals surface area contributed by atoms with Gasteiger partial charge in [-0.1, -0.05) is 0 Å². The van der Waals surface area contributed by atoms with Gasteiger partial charge in [0.15, 0.2) is 0 Å². The van der Waals surface area contributed by atoms with Crippen LogP contribution >= 0.6 is 11.3 Å². The molecule has 0 aromatic carbocycles. The van der Waals surface area contributed by atoms with Crippen LogP contribution in [0, 0.1) is 24.0 Å². The lowest BCUT2D eigenvalue weighted by atomic mass is 10.2. The summed E-state index contributed by atoms with van der Waals surface area (Å²) >= 11 is 1.55. The lowest BCUT2D eigenvalue weighted by molar-refractivity contribution is -0.384. The first kappa shape index (κ1) is 12.4. The van der Waals surface area contributed by atoms with Crippen LogP contribution in [-0.2, 0) is 6.54 Å². The van der Waals surface area contributed by atoms with Crippen LogP contribution in [0.2, 0.25) is 0 Å². The maximum absolute atomic E-state index is 11.0. The normalized spacial score (nSPS) is 10.3. The Morgan fingerprint density at radius 2 is 2.22 bits per heavy atom. The second kappa shape index (κ2) is 5.09. The first-order valence-corrected chi connectivity index (χ1v) is 6.14. The monoisotopic (exact) mass is 264 g/mol. The predicted molar refractivity (Wildman–Crippen MR) is 69.8 cm³/mol. The highest BCUT2D eigenvalue weighted by molar-refractivity contribution is 7.11. The summed E-state index contributed by atoms with van der Waals surface area (Å²) in [4.78, 5) is 19.9. The fraction of sp³-hybridized carbons (Fsp3) is 0.273. The minimum atomic E-state index is -0.419. The number of hydrogen-bond acceptors (Lipinski definition) is 6.